The molecule has 0 spiro atoms. The van der Waals surface area contributed by atoms with Gasteiger partial charge in [0.15, 0.2) is 11.6 Å². The molecule has 3 nitrogen and oxygen atoms in total. The van der Waals surface area contributed by atoms with E-state index < -0.39 is 40.4 Å². The fourth-order valence-electron chi connectivity index (χ4n) is 2.01. The van der Waals surface area contributed by atoms with Crippen molar-refractivity contribution in [1.82, 2.24) is 0 Å². The molecule has 0 radical (unpaired) electrons. The number of rotatable bonds is 0. The van der Waals surface area contributed by atoms with Crippen LogP contribution in [-0.4, -0.2) is 22.8 Å². The third-order valence-electron chi connectivity index (χ3n) is 2.86. The van der Waals surface area contributed by atoms with Crippen LogP contribution in [-0.2, 0) is 9.59 Å². The second kappa shape index (κ2) is 3.85. The zero-order valence-corrected chi connectivity index (χ0v) is 9.68. The normalized spacial score (nSPS) is 28.2. The van der Waals surface area contributed by atoms with Crippen molar-refractivity contribution in [2.24, 2.45) is 11.3 Å². The Hall–Kier alpha value is -1.33. The summed E-state index contributed by atoms with van der Waals surface area (Å²) in [6, 6.07) is 0. The van der Waals surface area contributed by atoms with Gasteiger partial charge in [-0.1, -0.05) is 20.8 Å². The molecule has 0 aromatic rings. The highest BCUT2D eigenvalue weighted by atomic mass is 19.4. The molecule has 0 aromatic carbocycles. The summed E-state index contributed by atoms with van der Waals surface area (Å²) in [5, 5.41) is 9.01. The van der Waals surface area contributed by atoms with Gasteiger partial charge in [-0.2, -0.15) is 13.2 Å². The van der Waals surface area contributed by atoms with Crippen LogP contribution in [0, 0.1) is 11.3 Å². The number of Topliss-reactive ketones (excluding diaryl/α,β-unsaturated/α-hetero) is 2. The van der Waals surface area contributed by atoms with E-state index in [1.807, 2.05) is 0 Å². The lowest BCUT2D eigenvalue weighted by Crippen LogP contribution is -2.41. The van der Waals surface area contributed by atoms with Crippen LogP contribution in [0.2, 0.25) is 0 Å². The lowest BCUT2D eigenvalue weighted by Gasteiger charge is -2.33. The van der Waals surface area contributed by atoms with Gasteiger partial charge in [0.25, 0.3) is 0 Å². The van der Waals surface area contributed by atoms with E-state index >= 15 is 0 Å². The van der Waals surface area contributed by atoms with E-state index in [2.05, 4.69) is 0 Å². The minimum atomic E-state index is -5.08. The van der Waals surface area contributed by atoms with Crippen molar-refractivity contribution < 1.29 is 27.9 Å². The molecule has 1 N–H and O–H groups in total. The molecule has 17 heavy (non-hydrogen) atoms. The van der Waals surface area contributed by atoms with Crippen LogP contribution in [0.4, 0.5) is 13.2 Å². The molecule has 0 aromatic heterocycles. The van der Waals surface area contributed by atoms with E-state index in [1.165, 1.54) is 20.8 Å². The number of alkyl halides is 3. The number of carbonyl (C=O) groups is 2. The lowest BCUT2D eigenvalue weighted by molar-refractivity contribution is -0.140. The second-order valence-electron chi connectivity index (χ2n) is 4.90. The zero-order chi connectivity index (χ0) is 13.6. The molecule has 0 heterocycles. The number of aliphatic hydroxyl groups is 1. The summed E-state index contributed by atoms with van der Waals surface area (Å²) in [4.78, 5) is 23.3. The van der Waals surface area contributed by atoms with Gasteiger partial charge in [0.05, 0.1) is 0 Å². The van der Waals surface area contributed by atoms with Gasteiger partial charge < -0.3 is 5.11 Å². The van der Waals surface area contributed by atoms with Gasteiger partial charge in [-0.3, -0.25) is 9.59 Å². The lowest BCUT2D eigenvalue weighted by atomic mass is 9.68. The van der Waals surface area contributed by atoms with Gasteiger partial charge in [-0.05, 0) is 6.42 Å². The average molecular weight is 250 g/mol. The quantitative estimate of drug-likeness (QED) is 0.408. The molecule has 0 amide bonds. The van der Waals surface area contributed by atoms with Gasteiger partial charge in [0.2, 0.25) is 5.76 Å². The van der Waals surface area contributed by atoms with E-state index in [9.17, 15) is 22.8 Å². The van der Waals surface area contributed by atoms with Gasteiger partial charge in [-0.25, -0.2) is 0 Å². The molecule has 1 unspecified atom stereocenters. The minimum Gasteiger partial charge on any atom is -0.504 e. The summed E-state index contributed by atoms with van der Waals surface area (Å²) in [6.45, 7) is 4.37. The number of carbonyl (C=O) groups excluding carboxylic acids is 2. The van der Waals surface area contributed by atoms with Crippen molar-refractivity contribution in [2.45, 2.75) is 33.4 Å². The molecule has 1 atom stereocenters. The van der Waals surface area contributed by atoms with Gasteiger partial charge >= 0.3 is 6.18 Å². The maximum atomic E-state index is 12.3. The first-order valence-corrected chi connectivity index (χ1v) is 5.08. The first-order valence-electron chi connectivity index (χ1n) is 5.08. The summed E-state index contributed by atoms with van der Waals surface area (Å²) in [7, 11) is 0. The van der Waals surface area contributed by atoms with Crippen molar-refractivity contribution >= 4 is 11.6 Å². The minimum absolute atomic E-state index is 0.180. The Kier molecular flexibility index (Phi) is 3.11. The molecule has 1 saturated carbocycles. The summed E-state index contributed by atoms with van der Waals surface area (Å²) >= 11 is 0. The first kappa shape index (κ1) is 13.7. The van der Waals surface area contributed by atoms with E-state index in [0.29, 0.717) is 0 Å². The van der Waals surface area contributed by atoms with Crippen LogP contribution in [0.25, 0.3) is 0 Å². The molecule has 96 valence electrons. The number of allylic oxidation sites excluding steroid dienone is 2. The van der Waals surface area contributed by atoms with Crippen molar-refractivity contribution in [3.8, 4) is 0 Å². The molecule has 0 saturated heterocycles. The van der Waals surface area contributed by atoms with Crippen LogP contribution in [0.3, 0.4) is 0 Å². The summed E-state index contributed by atoms with van der Waals surface area (Å²) in [5.74, 6) is -4.67. The third-order valence-corrected chi connectivity index (χ3v) is 2.86. The number of hydrogen-bond donors (Lipinski definition) is 1. The van der Waals surface area contributed by atoms with Crippen LogP contribution in [0.1, 0.15) is 27.2 Å². The zero-order valence-electron chi connectivity index (χ0n) is 9.68. The van der Waals surface area contributed by atoms with Gasteiger partial charge in [-0.15, -0.1) is 0 Å². The number of hydrogen-bond acceptors (Lipinski definition) is 3. The number of ketones is 2. The van der Waals surface area contributed by atoms with E-state index in [4.69, 9.17) is 5.11 Å². The Morgan fingerprint density at radius 3 is 2.24 bits per heavy atom. The topological polar surface area (TPSA) is 54.4 Å². The Morgan fingerprint density at radius 2 is 1.82 bits per heavy atom. The van der Waals surface area contributed by atoms with Crippen molar-refractivity contribution in [3.63, 3.8) is 0 Å². The van der Waals surface area contributed by atoms with E-state index in [-0.39, 0.29) is 6.42 Å². The Labute approximate surface area is 96.3 Å². The predicted molar refractivity (Wildman–Crippen MR) is 53.3 cm³/mol. The van der Waals surface area contributed by atoms with Crippen LogP contribution in [0.15, 0.2) is 11.3 Å². The standard InChI is InChI=1S/C11H13F3O3/c1-5-4-10(2,3)8(16)6(7(5)15)9(17)11(12,13)14/h5,17H,4H2,1-3H3/b9-6-. The monoisotopic (exact) mass is 250 g/mol. The highest BCUT2D eigenvalue weighted by Crippen LogP contribution is 2.39. The molecule has 6 heteroatoms. The summed E-state index contributed by atoms with van der Waals surface area (Å²) in [5.41, 5.74) is -2.18. The van der Waals surface area contributed by atoms with Gasteiger partial charge in [0, 0.05) is 11.3 Å². The third kappa shape index (κ3) is 2.35. The Balaban J connectivity index is 3.39. The number of aliphatic hydroxyl groups excluding tert-OH is 1. The Bertz CT molecular complexity index is 405. The van der Waals surface area contributed by atoms with Crippen LogP contribution < -0.4 is 0 Å². The molecule has 1 fully saturated rings. The summed E-state index contributed by atoms with van der Waals surface area (Å²) < 4.78 is 37.0. The SMILES string of the molecule is CC1CC(C)(C)C(=O)/C(=C(\O)C(F)(F)F)C1=O. The maximum Gasteiger partial charge on any atom is 0.449 e. The fraction of sp³-hybridized carbons (Fsp3) is 0.636. The molecule has 1 aliphatic carbocycles. The smallest absolute Gasteiger partial charge is 0.449 e. The summed E-state index contributed by atoms with van der Waals surface area (Å²) in [6.07, 6.45) is -4.90. The molecule has 1 rings (SSSR count). The Morgan fingerprint density at radius 1 is 1.35 bits per heavy atom. The fourth-order valence-corrected chi connectivity index (χ4v) is 2.01. The maximum absolute atomic E-state index is 12.3. The van der Waals surface area contributed by atoms with Crippen LogP contribution >= 0.6 is 0 Å². The number of halogens is 3. The highest BCUT2D eigenvalue weighted by molar-refractivity contribution is 6.24. The van der Waals surface area contributed by atoms with Crippen molar-refractivity contribution in [3.05, 3.63) is 11.3 Å². The molecular formula is C11H13F3O3. The van der Waals surface area contributed by atoms with E-state index in [0.717, 1.165) is 0 Å². The van der Waals surface area contributed by atoms with Crippen molar-refractivity contribution in [1.29, 1.82) is 0 Å². The van der Waals surface area contributed by atoms with Gasteiger partial charge in [0.1, 0.15) is 5.57 Å². The molecular weight excluding hydrogens is 237 g/mol. The first-order chi connectivity index (χ1) is 7.48. The van der Waals surface area contributed by atoms with E-state index in [1.54, 1.807) is 0 Å². The molecule has 0 bridgehead atoms. The van der Waals surface area contributed by atoms with Crippen LogP contribution in [0.5, 0.6) is 0 Å². The molecule has 0 aliphatic heterocycles. The largest absolute Gasteiger partial charge is 0.504 e. The average Bonchev–Trinajstić information content (AvgIpc) is 2.13. The van der Waals surface area contributed by atoms with Crippen molar-refractivity contribution in [2.75, 3.05) is 0 Å². The molecule has 1 aliphatic rings. The predicted octanol–water partition coefficient (Wildman–Crippen LogP) is 2.57. The second-order valence-corrected chi connectivity index (χ2v) is 4.90. The highest BCUT2D eigenvalue weighted by Gasteiger charge is 2.48.